The van der Waals surface area contributed by atoms with Crippen LogP contribution >= 0.6 is 0 Å². The number of nitrogens with one attached hydrogen (secondary N) is 2. The first-order valence-electron chi connectivity index (χ1n) is 12.8. The van der Waals surface area contributed by atoms with Crippen molar-refractivity contribution in [1.82, 2.24) is 15.5 Å². The van der Waals surface area contributed by atoms with Crippen molar-refractivity contribution in [1.29, 1.82) is 0 Å². The second kappa shape index (κ2) is 17.2. The van der Waals surface area contributed by atoms with Crippen LogP contribution in [0.2, 0.25) is 0 Å². The van der Waals surface area contributed by atoms with E-state index in [2.05, 4.69) is 36.1 Å². The number of rotatable bonds is 13. The van der Waals surface area contributed by atoms with Gasteiger partial charge in [0.05, 0.1) is 5.70 Å². The van der Waals surface area contributed by atoms with Gasteiger partial charge in [0.25, 0.3) is 0 Å². The highest BCUT2D eigenvalue weighted by atomic mass is 16.5. The zero-order valence-corrected chi connectivity index (χ0v) is 23.7. The average Bonchev–Trinajstić information content (AvgIpc) is 2.81. The topological polar surface area (TPSA) is 86.2 Å². The number of methoxy groups -OCH3 is 1. The summed E-state index contributed by atoms with van der Waals surface area (Å²) in [7, 11) is 1.68. The first-order valence-corrected chi connectivity index (χ1v) is 12.8. The Balaban J connectivity index is 0.00000562. The van der Waals surface area contributed by atoms with Gasteiger partial charge in [-0.15, -0.1) is 0 Å². The lowest BCUT2D eigenvalue weighted by Gasteiger charge is -2.33. The predicted molar refractivity (Wildman–Crippen MR) is 148 cm³/mol. The van der Waals surface area contributed by atoms with E-state index in [0.717, 1.165) is 24.3 Å². The van der Waals surface area contributed by atoms with Crippen LogP contribution in [0.1, 0.15) is 75.2 Å². The van der Waals surface area contributed by atoms with Crippen molar-refractivity contribution >= 4 is 11.7 Å². The molecule has 7 heteroatoms. The van der Waals surface area contributed by atoms with E-state index in [4.69, 9.17) is 4.74 Å². The molecule has 0 saturated heterocycles. The molecule has 1 aliphatic rings. The van der Waals surface area contributed by atoms with Crippen LogP contribution in [-0.4, -0.2) is 59.9 Å². The Morgan fingerprint density at radius 2 is 1.91 bits per heavy atom. The molecule has 0 aromatic carbocycles. The molecule has 1 amide bonds. The summed E-state index contributed by atoms with van der Waals surface area (Å²) in [5.74, 6) is 0.811. The highest BCUT2D eigenvalue weighted by Gasteiger charge is 2.22. The summed E-state index contributed by atoms with van der Waals surface area (Å²) in [5, 5.41) is 17.0. The molecule has 4 unspecified atom stereocenters. The van der Waals surface area contributed by atoms with Gasteiger partial charge in [0.1, 0.15) is 18.3 Å². The average molecular weight is 491 g/mol. The van der Waals surface area contributed by atoms with Crippen molar-refractivity contribution in [2.75, 3.05) is 13.7 Å². The summed E-state index contributed by atoms with van der Waals surface area (Å²) in [6.07, 6.45) is 8.23. The maximum atomic E-state index is 12.0. The van der Waals surface area contributed by atoms with E-state index < -0.39 is 6.23 Å². The van der Waals surface area contributed by atoms with E-state index in [1.165, 1.54) is 0 Å². The standard InChI is InChI=1S/C26H44N4O3.C2H6/c1-10-19(5)26(32)28-21(7)15-18(4)11-12-20(6)23-16-25(31)30(22(8)29-23)14-13-24(33-9)27-17(2)3;1-2/h11-12,15-17,19,21,24-25,27,31H,6,10,13-14H2,1-5,7-9H3,(H,28,32);1-2H3/b12-11-,18-15-;. The molecular formula is C28H50N4O3. The maximum absolute atomic E-state index is 12.0. The molecule has 0 bridgehead atoms. The zero-order valence-electron chi connectivity index (χ0n) is 23.7. The number of ether oxygens (including phenoxy) is 1. The number of hydrogen-bond donors (Lipinski definition) is 3. The maximum Gasteiger partial charge on any atom is 0.223 e. The molecule has 0 fully saturated rings. The Kier molecular flexibility index (Phi) is 16.2. The fraction of sp³-hybridized carbons (Fsp3) is 0.643. The number of aliphatic imine (C=N–C) groups is 1. The van der Waals surface area contributed by atoms with E-state index in [9.17, 15) is 9.90 Å². The lowest BCUT2D eigenvalue weighted by molar-refractivity contribution is -0.124. The van der Waals surface area contributed by atoms with Crippen molar-refractivity contribution in [3.8, 4) is 0 Å². The monoisotopic (exact) mass is 490 g/mol. The third-order valence-electron chi connectivity index (χ3n) is 5.58. The fourth-order valence-corrected chi connectivity index (χ4v) is 3.43. The lowest BCUT2D eigenvalue weighted by atomic mass is 10.1. The van der Waals surface area contributed by atoms with Crippen molar-refractivity contribution in [3.05, 3.63) is 47.7 Å². The van der Waals surface area contributed by atoms with Gasteiger partial charge in [-0.05, 0) is 52.7 Å². The van der Waals surface area contributed by atoms with Crippen molar-refractivity contribution < 1.29 is 14.6 Å². The molecule has 3 N–H and O–H groups in total. The number of hydrogen-bond acceptors (Lipinski definition) is 6. The van der Waals surface area contributed by atoms with Gasteiger partial charge in [-0.3, -0.25) is 10.1 Å². The molecule has 7 nitrogen and oxygen atoms in total. The lowest BCUT2D eigenvalue weighted by Crippen LogP contribution is -2.44. The summed E-state index contributed by atoms with van der Waals surface area (Å²) < 4.78 is 5.48. The van der Waals surface area contributed by atoms with E-state index in [-0.39, 0.29) is 24.1 Å². The van der Waals surface area contributed by atoms with Gasteiger partial charge in [-0.25, -0.2) is 4.99 Å². The van der Waals surface area contributed by atoms with Gasteiger partial charge in [-0.2, -0.15) is 0 Å². The van der Waals surface area contributed by atoms with Crippen LogP contribution in [-0.2, 0) is 9.53 Å². The van der Waals surface area contributed by atoms with Crippen LogP contribution in [0.5, 0.6) is 0 Å². The van der Waals surface area contributed by atoms with Crippen molar-refractivity contribution in [2.24, 2.45) is 10.9 Å². The highest BCUT2D eigenvalue weighted by molar-refractivity contribution is 5.83. The molecule has 35 heavy (non-hydrogen) atoms. The van der Waals surface area contributed by atoms with Gasteiger partial charge in [0.2, 0.25) is 5.91 Å². The van der Waals surface area contributed by atoms with E-state index in [1.54, 1.807) is 13.2 Å². The number of aliphatic hydroxyl groups excluding tert-OH is 1. The number of nitrogens with zero attached hydrogens (tertiary/aromatic N) is 2. The van der Waals surface area contributed by atoms with E-state index in [1.807, 2.05) is 71.6 Å². The molecule has 0 saturated carbocycles. The quantitative estimate of drug-likeness (QED) is 0.252. The number of amidine groups is 1. The number of carbonyl (C=O) groups excluding carboxylic acids is 1. The molecule has 1 rings (SSSR count). The largest absolute Gasteiger partial charge is 0.370 e. The van der Waals surface area contributed by atoms with E-state index in [0.29, 0.717) is 23.9 Å². The van der Waals surface area contributed by atoms with Gasteiger partial charge in [-0.1, -0.05) is 58.1 Å². The molecule has 0 aromatic rings. The van der Waals surface area contributed by atoms with Crippen LogP contribution in [0.3, 0.4) is 0 Å². The second-order valence-corrected chi connectivity index (χ2v) is 9.03. The number of carbonyl (C=O) groups is 1. The van der Waals surface area contributed by atoms with Crippen LogP contribution in [0.15, 0.2) is 52.7 Å². The summed E-state index contributed by atoms with van der Waals surface area (Å²) in [6, 6.07) is 0.254. The van der Waals surface area contributed by atoms with Gasteiger partial charge in [0, 0.05) is 38.1 Å². The molecule has 1 heterocycles. The van der Waals surface area contributed by atoms with Gasteiger partial charge < -0.3 is 20.1 Å². The summed E-state index contributed by atoms with van der Waals surface area (Å²) in [5.41, 5.74) is 2.38. The van der Waals surface area contributed by atoms with Gasteiger partial charge >= 0.3 is 0 Å². The zero-order chi connectivity index (χ0) is 27.1. The molecule has 1 aliphatic heterocycles. The Morgan fingerprint density at radius 3 is 2.43 bits per heavy atom. The third-order valence-corrected chi connectivity index (χ3v) is 5.58. The fourth-order valence-electron chi connectivity index (χ4n) is 3.43. The van der Waals surface area contributed by atoms with Crippen LogP contribution in [0.4, 0.5) is 0 Å². The molecule has 0 spiro atoms. The minimum atomic E-state index is -0.772. The smallest absolute Gasteiger partial charge is 0.223 e. The second-order valence-electron chi connectivity index (χ2n) is 9.03. The molecule has 4 atom stereocenters. The Labute approximate surface area is 214 Å². The van der Waals surface area contributed by atoms with Gasteiger partial charge in [0.15, 0.2) is 0 Å². The molecular weight excluding hydrogens is 440 g/mol. The predicted octanol–water partition coefficient (Wildman–Crippen LogP) is 4.92. The normalized spacial score (nSPS) is 18.9. The minimum absolute atomic E-state index is 0.00802. The highest BCUT2D eigenvalue weighted by Crippen LogP contribution is 2.21. The molecule has 200 valence electrons. The number of allylic oxidation sites excluding steroid dienone is 3. The SMILES string of the molecule is C=C(/C=C\C(C)=C/C(C)NC(=O)C(C)CC)C1=CC(O)N(CCC(NC(C)C)OC)C(C)=N1.CC. The summed E-state index contributed by atoms with van der Waals surface area (Å²) >= 11 is 0. The third kappa shape index (κ3) is 12.3. The Hall–Kier alpha value is -2.22. The van der Waals surface area contributed by atoms with Crippen LogP contribution in [0, 0.1) is 5.92 Å². The van der Waals surface area contributed by atoms with Crippen molar-refractivity contribution in [2.45, 2.75) is 99.7 Å². The Bertz CT molecular complexity index is 783. The molecule has 0 aliphatic carbocycles. The first kappa shape index (κ1) is 32.8. The minimum Gasteiger partial charge on any atom is -0.370 e. The van der Waals surface area contributed by atoms with Crippen LogP contribution in [0.25, 0.3) is 0 Å². The van der Waals surface area contributed by atoms with Crippen LogP contribution < -0.4 is 10.6 Å². The first-order chi connectivity index (χ1) is 16.5. The van der Waals surface area contributed by atoms with E-state index >= 15 is 0 Å². The molecule has 0 aromatic heterocycles. The summed E-state index contributed by atoms with van der Waals surface area (Å²) in [4.78, 5) is 18.5. The Morgan fingerprint density at radius 1 is 1.29 bits per heavy atom. The number of aliphatic hydroxyl groups is 1. The molecule has 0 radical (unpaired) electrons. The van der Waals surface area contributed by atoms with Crippen molar-refractivity contribution in [3.63, 3.8) is 0 Å². The number of amides is 1. The summed E-state index contributed by atoms with van der Waals surface area (Å²) in [6.45, 7) is 22.6.